The van der Waals surface area contributed by atoms with Crippen molar-refractivity contribution in [2.24, 2.45) is 0 Å². The smallest absolute Gasteiger partial charge is 0.330 e. The second-order valence-electron chi connectivity index (χ2n) is 4.37. The number of carboxylic acid groups (broad SMARTS) is 1. The molecule has 3 N–H and O–H groups in total. The Morgan fingerprint density at radius 1 is 1.14 bits per heavy atom. The van der Waals surface area contributed by atoms with Gasteiger partial charge in [0, 0.05) is 18.9 Å². The quantitative estimate of drug-likeness (QED) is 0.780. The van der Waals surface area contributed by atoms with Crippen LogP contribution in [0.25, 0.3) is 0 Å². The Morgan fingerprint density at radius 2 is 1.90 bits per heavy atom. The minimum atomic E-state index is -1.11. The van der Waals surface area contributed by atoms with E-state index in [1.54, 1.807) is 48.8 Å². The molecule has 2 amide bonds. The lowest BCUT2D eigenvalue weighted by Crippen LogP contribution is -2.40. The highest BCUT2D eigenvalue weighted by Crippen LogP contribution is 2.12. The highest BCUT2D eigenvalue weighted by atomic mass is 16.4. The van der Waals surface area contributed by atoms with Crippen LogP contribution in [0.2, 0.25) is 0 Å². The first-order valence-corrected chi connectivity index (χ1v) is 6.38. The Bertz CT molecular complexity index is 602. The summed E-state index contributed by atoms with van der Waals surface area (Å²) >= 11 is 0. The van der Waals surface area contributed by atoms with E-state index in [1.807, 2.05) is 6.07 Å². The number of aromatic nitrogens is 1. The number of amides is 2. The summed E-state index contributed by atoms with van der Waals surface area (Å²) in [7, 11) is 0. The van der Waals surface area contributed by atoms with E-state index in [9.17, 15) is 14.7 Å². The summed E-state index contributed by atoms with van der Waals surface area (Å²) in [6, 6.07) is 10.5. The van der Waals surface area contributed by atoms with Crippen LogP contribution in [0.5, 0.6) is 0 Å². The van der Waals surface area contributed by atoms with Gasteiger partial charge in [0.25, 0.3) is 0 Å². The molecule has 1 heterocycles. The maximum absolute atomic E-state index is 11.8. The molecule has 0 saturated carbocycles. The number of nitrogens with one attached hydrogen (secondary N) is 2. The van der Waals surface area contributed by atoms with Crippen molar-refractivity contribution in [1.29, 1.82) is 0 Å². The van der Waals surface area contributed by atoms with Crippen LogP contribution in [-0.2, 0) is 11.3 Å². The third kappa shape index (κ3) is 4.31. The van der Waals surface area contributed by atoms with Gasteiger partial charge in [0.15, 0.2) is 6.04 Å². The zero-order valence-electron chi connectivity index (χ0n) is 11.2. The van der Waals surface area contributed by atoms with E-state index < -0.39 is 18.0 Å². The molecule has 0 unspecified atom stereocenters. The van der Waals surface area contributed by atoms with Gasteiger partial charge >= 0.3 is 12.0 Å². The third-order valence-electron chi connectivity index (χ3n) is 2.83. The summed E-state index contributed by atoms with van der Waals surface area (Å²) in [5.41, 5.74) is 1.35. The summed E-state index contributed by atoms with van der Waals surface area (Å²) in [4.78, 5) is 27.0. The molecule has 6 heteroatoms. The molecule has 0 aliphatic carbocycles. The van der Waals surface area contributed by atoms with Crippen molar-refractivity contribution in [3.8, 4) is 0 Å². The molecule has 0 radical (unpaired) electrons. The minimum absolute atomic E-state index is 0.279. The van der Waals surface area contributed by atoms with Crippen molar-refractivity contribution >= 4 is 12.0 Å². The molecule has 6 nitrogen and oxygen atoms in total. The van der Waals surface area contributed by atoms with Crippen molar-refractivity contribution in [3.63, 3.8) is 0 Å². The van der Waals surface area contributed by atoms with Gasteiger partial charge in [0.05, 0.1) is 0 Å². The average molecular weight is 285 g/mol. The summed E-state index contributed by atoms with van der Waals surface area (Å²) < 4.78 is 0. The van der Waals surface area contributed by atoms with Gasteiger partial charge in [-0.05, 0) is 17.2 Å². The van der Waals surface area contributed by atoms with Gasteiger partial charge in [-0.25, -0.2) is 9.59 Å². The van der Waals surface area contributed by atoms with Gasteiger partial charge in [-0.2, -0.15) is 0 Å². The topological polar surface area (TPSA) is 91.3 Å². The molecular formula is C15H15N3O3. The van der Waals surface area contributed by atoms with Crippen LogP contribution in [0.1, 0.15) is 17.2 Å². The third-order valence-corrected chi connectivity index (χ3v) is 2.83. The second-order valence-corrected chi connectivity index (χ2v) is 4.37. The molecule has 1 aromatic heterocycles. The first kappa shape index (κ1) is 14.5. The summed E-state index contributed by atoms with van der Waals surface area (Å²) in [5, 5.41) is 14.2. The molecule has 0 aliphatic heterocycles. The molecule has 0 aliphatic rings. The zero-order valence-corrected chi connectivity index (χ0v) is 11.2. The van der Waals surface area contributed by atoms with Crippen molar-refractivity contribution in [3.05, 3.63) is 66.0 Å². The van der Waals surface area contributed by atoms with Gasteiger partial charge in [-0.3, -0.25) is 4.98 Å². The predicted octanol–water partition coefficient (Wildman–Crippen LogP) is 1.71. The lowest BCUT2D eigenvalue weighted by molar-refractivity contribution is -0.139. The van der Waals surface area contributed by atoms with E-state index in [-0.39, 0.29) is 6.54 Å². The molecule has 0 bridgehead atoms. The Labute approximate surface area is 121 Å². The number of carboxylic acids is 1. The Hall–Kier alpha value is -2.89. The first-order valence-electron chi connectivity index (χ1n) is 6.38. The summed E-state index contributed by atoms with van der Waals surface area (Å²) in [6.07, 6.45) is 3.27. The van der Waals surface area contributed by atoms with Crippen molar-refractivity contribution in [2.45, 2.75) is 12.6 Å². The van der Waals surface area contributed by atoms with Gasteiger partial charge in [-0.15, -0.1) is 0 Å². The Balaban J connectivity index is 1.95. The van der Waals surface area contributed by atoms with Crippen LogP contribution in [0.3, 0.4) is 0 Å². The van der Waals surface area contributed by atoms with Crippen LogP contribution in [0.4, 0.5) is 4.79 Å². The number of hydrogen-bond donors (Lipinski definition) is 3. The van der Waals surface area contributed by atoms with E-state index in [2.05, 4.69) is 15.6 Å². The van der Waals surface area contributed by atoms with E-state index in [4.69, 9.17) is 0 Å². The molecule has 1 aromatic carbocycles. The molecule has 21 heavy (non-hydrogen) atoms. The fourth-order valence-electron chi connectivity index (χ4n) is 1.80. The normalized spacial score (nSPS) is 11.4. The fourth-order valence-corrected chi connectivity index (χ4v) is 1.80. The molecule has 0 saturated heterocycles. The van der Waals surface area contributed by atoms with Gasteiger partial charge < -0.3 is 15.7 Å². The number of aliphatic carboxylic acids is 1. The van der Waals surface area contributed by atoms with E-state index in [0.29, 0.717) is 5.56 Å². The number of pyridine rings is 1. The predicted molar refractivity (Wildman–Crippen MR) is 76.4 cm³/mol. The number of urea groups is 1. The number of rotatable bonds is 5. The number of nitrogens with zero attached hydrogens (tertiary/aromatic N) is 1. The first-order chi connectivity index (χ1) is 10.2. The SMILES string of the molecule is O=C(NCc1cccnc1)N[C@H](C(=O)O)c1ccccc1. The minimum Gasteiger partial charge on any atom is -0.479 e. The number of hydrogen-bond acceptors (Lipinski definition) is 3. The van der Waals surface area contributed by atoms with Crippen molar-refractivity contribution in [2.75, 3.05) is 0 Å². The van der Waals surface area contributed by atoms with E-state index >= 15 is 0 Å². The van der Waals surface area contributed by atoms with Crippen molar-refractivity contribution in [1.82, 2.24) is 15.6 Å². The zero-order chi connectivity index (χ0) is 15.1. The van der Waals surface area contributed by atoms with Gasteiger partial charge in [-0.1, -0.05) is 36.4 Å². The van der Waals surface area contributed by atoms with Crippen LogP contribution in [-0.4, -0.2) is 22.1 Å². The van der Waals surface area contributed by atoms with Crippen LogP contribution >= 0.6 is 0 Å². The van der Waals surface area contributed by atoms with E-state index in [0.717, 1.165) is 5.56 Å². The van der Waals surface area contributed by atoms with Crippen molar-refractivity contribution < 1.29 is 14.7 Å². The molecule has 0 spiro atoms. The molecular weight excluding hydrogens is 270 g/mol. The number of carbonyl (C=O) groups is 2. The maximum atomic E-state index is 11.8. The lowest BCUT2D eigenvalue weighted by atomic mass is 10.1. The number of carbonyl (C=O) groups excluding carboxylic acids is 1. The molecule has 0 fully saturated rings. The monoisotopic (exact) mass is 285 g/mol. The highest BCUT2D eigenvalue weighted by molar-refractivity contribution is 5.83. The van der Waals surface area contributed by atoms with Crippen LogP contribution in [0, 0.1) is 0 Å². The van der Waals surface area contributed by atoms with Crippen LogP contribution < -0.4 is 10.6 Å². The molecule has 2 rings (SSSR count). The average Bonchev–Trinajstić information content (AvgIpc) is 2.52. The number of benzene rings is 1. The van der Waals surface area contributed by atoms with Gasteiger partial charge in [0.2, 0.25) is 0 Å². The Kier molecular flexibility index (Phi) is 4.87. The van der Waals surface area contributed by atoms with Gasteiger partial charge in [0.1, 0.15) is 0 Å². The standard InChI is InChI=1S/C15H15N3O3/c19-14(20)13(12-6-2-1-3-7-12)18-15(21)17-10-11-5-4-8-16-9-11/h1-9,13H,10H2,(H,19,20)(H2,17,18,21)/t13-/m0/s1. The lowest BCUT2D eigenvalue weighted by Gasteiger charge is -2.15. The highest BCUT2D eigenvalue weighted by Gasteiger charge is 2.21. The second kappa shape index (κ2) is 7.04. The largest absolute Gasteiger partial charge is 0.479 e. The summed E-state index contributed by atoms with van der Waals surface area (Å²) in [5.74, 6) is -1.11. The Morgan fingerprint density at radius 3 is 2.52 bits per heavy atom. The molecule has 2 aromatic rings. The van der Waals surface area contributed by atoms with Crippen LogP contribution in [0.15, 0.2) is 54.9 Å². The van der Waals surface area contributed by atoms with E-state index in [1.165, 1.54) is 0 Å². The fraction of sp³-hybridized carbons (Fsp3) is 0.133. The maximum Gasteiger partial charge on any atom is 0.330 e. The molecule has 108 valence electrons. The molecule has 1 atom stereocenters. The summed E-state index contributed by atoms with van der Waals surface area (Å²) in [6.45, 7) is 0.279.